The SMILES string of the molecule is CCc1ccc(C=O)c(N(C#N)CC)c1. The fraction of sp³-hybridized carbons (Fsp3) is 0.333. The molecular formula is C12H14N2O. The molecule has 1 aromatic rings. The summed E-state index contributed by atoms with van der Waals surface area (Å²) < 4.78 is 0. The Balaban J connectivity index is 3.23. The van der Waals surface area contributed by atoms with Gasteiger partial charge < -0.3 is 0 Å². The molecule has 0 N–H and O–H groups in total. The van der Waals surface area contributed by atoms with E-state index in [0.29, 0.717) is 17.8 Å². The van der Waals surface area contributed by atoms with Crippen LogP contribution < -0.4 is 4.90 Å². The third-order valence-corrected chi connectivity index (χ3v) is 2.36. The van der Waals surface area contributed by atoms with Gasteiger partial charge in [-0.25, -0.2) is 0 Å². The number of rotatable bonds is 4. The summed E-state index contributed by atoms with van der Waals surface area (Å²) in [7, 11) is 0. The molecule has 0 fully saturated rings. The molecule has 0 bridgehead atoms. The lowest BCUT2D eigenvalue weighted by molar-refractivity contribution is 0.112. The first-order valence-electron chi connectivity index (χ1n) is 5.02. The van der Waals surface area contributed by atoms with E-state index in [1.54, 1.807) is 6.07 Å². The topological polar surface area (TPSA) is 44.1 Å². The molecule has 0 spiro atoms. The van der Waals surface area contributed by atoms with E-state index in [2.05, 4.69) is 6.19 Å². The number of benzene rings is 1. The van der Waals surface area contributed by atoms with Crippen molar-refractivity contribution in [3.8, 4) is 6.19 Å². The zero-order valence-electron chi connectivity index (χ0n) is 9.03. The lowest BCUT2D eigenvalue weighted by Crippen LogP contribution is -2.17. The van der Waals surface area contributed by atoms with E-state index < -0.39 is 0 Å². The second-order valence-corrected chi connectivity index (χ2v) is 3.21. The number of carbonyl (C=O) groups excluding carboxylic acids is 1. The summed E-state index contributed by atoms with van der Waals surface area (Å²) in [6, 6.07) is 5.58. The summed E-state index contributed by atoms with van der Waals surface area (Å²) in [5, 5.41) is 8.92. The van der Waals surface area contributed by atoms with Gasteiger partial charge in [-0.05, 0) is 31.0 Å². The molecular weight excluding hydrogens is 188 g/mol. The van der Waals surface area contributed by atoms with Crippen molar-refractivity contribution in [1.29, 1.82) is 5.26 Å². The Kier molecular flexibility index (Phi) is 3.87. The Morgan fingerprint density at radius 1 is 1.47 bits per heavy atom. The molecule has 0 saturated heterocycles. The van der Waals surface area contributed by atoms with Crippen LogP contribution in [0.15, 0.2) is 18.2 Å². The van der Waals surface area contributed by atoms with Crippen molar-refractivity contribution < 1.29 is 4.79 Å². The standard InChI is InChI=1S/C12H14N2O/c1-3-10-5-6-11(8-15)12(7-10)14(4-2)9-13/h5-8H,3-4H2,1-2H3. The van der Waals surface area contributed by atoms with Gasteiger partial charge in [0.25, 0.3) is 0 Å². The Labute approximate surface area is 89.9 Å². The van der Waals surface area contributed by atoms with Crippen molar-refractivity contribution in [1.82, 2.24) is 0 Å². The average Bonchev–Trinajstić information content (AvgIpc) is 2.30. The van der Waals surface area contributed by atoms with Crippen LogP contribution in [0.1, 0.15) is 29.8 Å². The summed E-state index contributed by atoms with van der Waals surface area (Å²) in [6.07, 6.45) is 3.75. The number of anilines is 1. The van der Waals surface area contributed by atoms with Crippen molar-refractivity contribution in [3.63, 3.8) is 0 Å². The maximum atomic E-state index is 10.8. The number of aldehydes is 1. The first-order chi connectivity index (χ1) is 7.26. The summed E-state index contributed by atoms with van der Waals surface area (Å²) in [5.74, 6) is 0. The van der Waals surface area contributed by atoms with Gasteiger partial charge in [-0.2, -0.15) is 5.26 Å². The van der Waals surface area contributed by atoms with Crippen LogP contribution >= 0.6 is 0 Å². The lowest BCUT2D eigenvalue weighted by Gasteiger charge is -2.16. The average molecular weight is 202 g/mol. The number of hydrogen-bond acceptors (Lipinski definition) is 3. The Bertz CT molecular complexity index is 393. The number of hydrogen-bond donors (Lipinski definition) is 0. The van der Waals surface area contributed by atoms with Gasteiger partial charge >= 0.3 is 0 Å². The van der Waals surface area contributed by atoms with Crippen LogP contribution in [0.25, 0.3) is 0 Å². The Morgan fingerprint density at radius 2 is 2.20 bits per heavy atom. The van der Waals surface area contributed by atoms with Gasteiger partial charge in [0.2, 0.25) is 0 Å². The fourth-order valence-electron chi connectivity index (χ4n) is 1.44. The Morgan fingerprint density at radius 3 is 2.67 bits per heavy atom. The number of nitrogens with zero attached hydrogens (tertiary/aromatic N) is 2. The van der Waals surface area contributed by atoms with Crippen LogP contribution in [-0.2, 0) is 6.42 Å². The summed E-state index contributed by atoms with van der Waals surface area (Å²) in [6.45, 7) is 4.50. The van der Waals surface area contributed by atoms with Crippen molar-refractivity contribution in [2.24, 2.45) is 0 Å². The molecule has 3 heteroatoms. The maximum Gasteiger partial charge on any atom is 0.184 e. The van der Waals surface area contributed by atoms with Crippen LogP contribution in [0, 0.1) is 11.5 Å². The first kappa shape index (κ1) is 11.3. The van der Waals surface area contributed by atoms with Crippen LogP contribution in [0.3, 0.4) is 0 Å². The van der Waals surface area contributed by atoms with Gasteiger partial charge in [-0.3, -0.25) is 9.69 Å². The summed E-state index contributed by atoms with van der Waals surface area (Å²) >= 11 is 0. The predicted octanol–water partition coefficient (Wildman–Crippen LogP) is 2.37. The minimum Gasteiger partial charge on any atom is -0.298 e. The molecule has 3 nitrogen and oxygen atoms in total. The molecule has 0 aliphatic heterocycles. The molecule has 0 heterocycles. The van der Waals surface area contributed by atoms with Gasteiger partial charge in [-0.15, -0.1) is 0 Å². The smallest absolute Gasteiger partial charge is 0.184 e. The quantitative estimate of drug-likeness (QED) is 0.427. The molecule has 0 aliphatic carbocycles. The fourth-order valence-corrected chi connectivity index (χ4v) is 1.44. The van der Waals surface area contributed by atoms with E-state index in [-0.39, 0.29) is 0 Å². The monoisotopic (exact) mass is 202 g/mol. The molecule has 0 radical (unpaired) electrons. The van der Waals surface area contributed by atoms with E-state index in [1.807, 2.05) is 26.0 Å². The third kappa shape index (κ3) is 2.35. The van der Waals surface area contributed by atoms with Crippen LogP contribution in [-0.4, -0.2) is 12.8 Å². The first-order valence-corrected chi connectivity index (χ1v) is 5.02. The predicted molar refractivity (Wildman–Crippen MR) is 59.8 cm³/mol. The van der Waals surface area contributed by atoms with E-state index in [9.17, 15) is 4.79 Å². The van der Waals surface area contributed by atoms with Gasteiger partial charge in [-0.1, -0.05) is 13.0 Å². The van der Waals surface area contributed by atoms with Crippen LogP contribution in [0.2, 0.25) is 0 Å². The van der Waals surface area contributed by atoms with Crippen molar-refractivity contribution in [2.45, 2.75) is 20.3 Å². The van der Waals surface area contributed by atoms with Gasteiger partial charge in [0.05, 0.1) is 5.69 Å². The van der Waals surface area contributed by atoms with Crippen LogP contribution in [0.5, 0.6) is 0 Å². The van der Waals surface area contributed by atoms with E-state index >= 15 is 0 Å². The summed E-state index contributed by atoms with van der Waals surface area (Å²) in [4.78, 5) is 12.3. The second-order valence-electron chi connectivity index (χ2n) is 3.21. The van der Waals surface area contributed by atoms with Crippen molar-refractivity contribution in [3.05, 3.63) is 29.3 Å². The third-order valence-electron chi connectivity index (χ3n) is 2.36. The molecule has 0 aromatic heterocycles. The molecule has 0 unspecified atom stereocenters. The van der Waals surface area contributed by atoms with E-state index in [0.717, 1.165) is 18.3 Å². The maximum absolute atomic E-state index is 10.8. The normalized spacial score (nSPS) is 9.40. The molecule has 0 saturated carbocycles. The van der Waals surface area contributed by atoms with Crippen molar-refractivity contribution >= 4 is 12.0 Å². The van der Waals surface area contributed by atoms with Gasteiger partial charge in [0, 0.05) is 12.1 Å². The highest BCUT2D eigenvalue weighted by Gasteiger charge is 2.09. The van der Waals surface area contributed by atoms with Gasteiger partial charge in [0.1, 0.15) is 0 Å². The Hall–Kier alpha value is -1.82. The number of nitriles is 1. The molecule has 1 aromatic carbocycles. The largest absolute Gasteiger partial charge is 0.298 e. The van der Waals surface area contributed by atoms with E-state index in [1.165, 1.54) is 4.90 Å². The molecule has 0 amide bonds. The minimum atomic E-state index is 0.565. The summed E-state index contributed by atoms with van der Waals surface area (Å²) in [5.41, 5.74) is 2.40. The molecule has 0 aliphatic rings. The van der Waals surface area contributed by atoms with Crippen LogP contribution in [0.4, 0.5) is 5.69 Å². The zero-order chi connectivity index (χ0) is 11.3. The highest BCUT2D eigenvalue weighted by molar-refractivity contribution is 5.85. The van der Waals surface area contributed by atoms with Gasteiger partial charge in [0.15, 0.2) is 12.5 Å². The molecule has 0 atom stereocenters. The number of carbonyl (C=O) groups is 1. The number of aryl methyl sites for hydroxylation is 1. The highest BCUT2D eigenvalue weighted by atomic mass is 16.1. The van der Waals surface area contributed by atoms with Crippen molar-refractivity contribution in [2.75, 3.05) is 11.4 Å². The highest BCUT2D eigenvalue weighted by Crippen LogP contribution is 2.20. The molecule has 78 valence electrons. The molecule has 15 heavy (non-hydrogen) atoms. The second kappa shape index (κ2) is 5.16. The lowest BCUT2D eigenvalue weighted by atomic mass is 10.1. The zero-order valence-corrected chi connectivity index (χ0v) is 9.03. The van der Waals surface area contributed by atoms with E-state index in [4.69, 9.17) is 5.26 Å². The minimum absolute atomic E-state index is 0.565. The molecule has 1 rings (SSSR count).